The molecule has 0 radical (unpaired) electrons. The zero-order valence-corrected chi connectivity index (χ0v) is 12.6. The van der Waals surface area contributed by atoms with Crippen LogP contribution in [0.2, 0.25) is 0 Å². The Morgan fingerprint density at radius 2 is 2.19 bits per heavy atom. The van der Waals surface area contributed by atoms with Gasteiger partial charge in [-0.3, -0.25) is 4.79 Å². The van der Waals surface area contributed by atoms with Crippen LogP contribution in [-0.4, -0.2) is 33.7 Å². The number of ketones is 1. The maximum absolute atomic E-state index is 12.3. The highest BCUT2D eigenvalue weighted by molar-refractivity contribution is 6.23. The second-order valence-corrected chi connectivity index (χ2v) is 6.06. The molecule has 1 aliphatic rings. The van der Waals surface area contributed by atoms with E-state index in [2.05, 4.69) is 23.8 Å². The molecule has 0 saturated heterocycles. The number of rotatable bonds is 3. The van der Waals surface area contributed by atoms with E-state index in [0.29, 0.717) is 29.7 Å². The Morgan fingerprint density at radius 3 is 2.90 bits per heavy atom. The van der Waals surface area contributed by atoms with E-state index >= 15 is 0 Å². The third kappa shape index (κ3) is 2.39. The van der Waals surface area contributed by atoms with Crippen LogP contribution in [0.25, 0.3) is 16.6 Å². The molecule has 1 aromatic heterocycles. The van der Waals surface area contributed by atoms with Crippen LogP contribution in [0, 0.1) is 12.8 Å². The van der Waals surface area contributed by atoms with E-state index in [1.807, 2.05) is 30.0 Å². The van der Waals surface area contributed by atoms with Crippen molar-refractivity contribution < 1.29 is 4.79 Å². The maximum atomic E-state index is 12.3. The molecule has 1 aliphatic heterocycles. The fourth-order valence-electron chi connectivity index (χ4n) is 2.74. The second-order valence-electron chi connectivity index (χ2n) is 6.06. The second kappa shape index (κ2) is 4.91. The van der Waals surface area contributed by atoms with Crippen LogP contribution < -0.4 is 5.73 Å². The van der Waals surface area contributed by atoms with E-state index in [1.165, 1.54) is 0 Å². The number of nitrogens with zero attached hydrogens (tertiary/aromatic N) is 2. The van der Waals surface area contributed by atoms with Gasteiger partial charge < -0.3 is 15.6 Å². The standard InChI is InChI=1S/C16H20N4O/c1-9(2)7-20-8-13(21)14(15(20)17)16-18-11-5-4-10(3)6-12(11)19-16/h4-6,9H,7-8,17H2,1-3H3,(H,18,19). The van der Waals surface area contributed by atoms with Gasteiger partial charge in [-0.15, -0.1) is 0 Å². The molecule has 1 aromatic carbocycles. The van der Waals surface area contributed by atoms with Crippen LogP contribution in [0.5, 0.6) is 0 Å². The van der Waals surface area contributed by atoms with E-state index in [0.717, 1.165) is 23.1 Å². The fourth-order valence-corrected chi connectivity index (χ4v) is 2.74. The summed E-state index contributed by atoms with van der Waals surface area (Å²) in [5.41, 5.74) is 9.62. The van der Waals surface area contributed by atoms with Gasteiger partial charge in [0.1, 0.15) is 17.2 Å². The van der Waals surface area contributed by atoms with Crippen molar-refractivity contribution in [2.24, 2.45) is 11.7 Å². The Morgan fingerprint density at radius 1 is 1.43 bits per heavy atom. The molecule has 21 heavy (non-hydrogen) atoms. The van der Waals surface area contributed by atoms with Gasteiger partial charge in [-0.25, -0.2) is 4.98 Å². The molecule has 2 aromatic rings. The van der Waals surface area contributed by atoms with Gasteiger partial charge in [0.05, 0.1) is 17.6 Å². The average Bonchev–Trinajstić information content (AvgIpc) is 2.90. The zero-order valence-electron chi connectivity index (χ0n) is 12.6. The first-order chi connectivity index (χ1) is 9.95. The highest BCUT2D eigenvalue weighted by Gasteiger charge is 2.31. The summed E-state index contributed by atoms with van der Waals surface area (Å²) < 4.78 is 0. The molecule has 0 fully saturated rings. The lowest BCUT2D eigenvalue weighted by molar-refractivity contribution is -0.113. The first-order valence-electron chi connectivity index (χ1n) is 7.20. The van der Waals surface area contributed by atoms with Crippen molar-refractivity contribution >= 4 is 22.4 Å². The number of aromatic nitrogens is 2. The Kier molecular flexibility index (Phi) is 3.20. The van der Waals surface area contributed by atoms with Gasteiger partial charge >= 0.3 is 0 Å². The minimum absolute atomic E-state index is 0.0314. The number of aryl methyl sites for hydroxylation is 1. The fraction of sp³-hybridized carbons (Fsp3) is 0.375. The lowest BCUT2D eigenvalue weighted by Gasteiger charge is -2.20. The van der Waals surface area contributed by atoms with E-state index in [4.69, 9.17) is 5.73 Å². The Hall–Kier alpha value is -2.30. The number of imidazole rings is 1. The van der Waals surface area contributed by atoms with Crippen molar-refractivity contribution in [3.05, 3.63) is 35.4 Å². The van der Waals surface area contributed by atoms with Crippen LogP contribution in [0.3, 0.4) is 0 Å². The molecule has 2 heterocycles. The zero-order chi connectivity index (χ0) is 15.1. The topological polar surface area (TPSA) is 75.0 Å². The Balaban J connectivity index is 2.04. The summed E-state index contributed by atoms with van der Waals surface area (Å²) in [6.45, 7) is 7.37. The number of hydrogen-bond donors (Lipinski definition) is 2. The first-order valence-corrected chi connectivity index (χ1v) is 7.20. The molecule has 0 atom stereocenters. The summed E-state index contributed by atoms with van der Waals surface area (Å²) in [4.78, 5) is 21.9. The monoisotopic (exact) mass is 284 g/mol. The predicted octanol–water partition coefficient (Wildman–Crippen LogP) is 2.04. The molecule has 0 aliphatic carbocycles. The van der Waals surface area contributed by atoms with Crippen molar-refractivity contribution in [1.82, 2.24) is 14.9 Å². The van der Waals surface area contributed by atoms with Gasteiger partial charge in [-0.2, -0.15) is 0 Å². The summed E-state index contributed by atoms with van der Waals surface area (Å²) in [5.74, 6) is 1.59. The first kappa shape index (κ1) is 13.7. The number of Topliss-reactive ketones (excluding diaryl/α,β-unsaturated/α-hetero) is 1. The van der Waals surface area contributed by atoms with Crippen molar-refractivity contribution in [2.75, 3.05) is 13.1 Å². The number of fused-ring (bicyclic) bond motifs is 1. The largest absolute Gasteiger partial charge is 0.385 e. The molecule has 5 nitrogen and oxygen atoms in total. The highest BCUT2D eigenvalue weighted by atomic mass is 16.1. The maximum Gasteiger partial charge on any atom is 0.189 e. The van der Waals surface area contributed by atoms with Crippen molar-refractivity contribution in [3.8, 4) is 0 Å². The highest BCUT2D eigenvalue weighted by Crippen LogP contribution is 2.26. The van der Waals surface area contributed by atoms with Crippen LogP contribution in [0.1, 0.15) is 25.2 Å². The van der Waals surface area contributed by atoms with Crippen LogP contribution >= 0.6 is 0 Å². The van der Waals surface area contributed by atoms with Crippen LogP contribution in [0.15, 0.2) is 24.0 Å². The van der Waals surface area contributed by atoms with Crippen LogP contribution in [0.4, 0.5) is 0 Å². The number of benzene rings is 1. The van der Waals surface area contributed by atoms with Gasteiger partial charge in [0.2, 0.25) is 0 Å². The summed E-state index contributed by atoms with van der Waals surface area (Å²) in [6, 6.07) is 5.98. The lowest BCUT2D eigenvalue weighted by atomic mass is 10.2. The van der Waals surface area contributed by atoms with Gasteiger partial charge in [-0.05, 0) is 30.5 Å². The summed E-state index contributed by atoms with van der Waals surface area (Å²) >= 11 is 0. The molecule has 3 N–H and O–H groups in total. The van der Waals surface area contributed by atoms with E-state index < -0.39 is 0 Å². The van der Waals surface area contributed by atoms with E-state index in [9.17, 15) is 4.79 Å². The van der Waals surface area contributed by atoms with Crippen molar-refractivity contribution in [2.45, 2.75) is 20.8 Å². The number of carbonyl (C=O) groups is 1. The number of aromatic amines is 1. The number of H-pyrrole nitrogens is 1. The van der Waals surface area contributed by atoms with E-state index in [-0.39, 0.29) is 5.78 Å². The quantitative estimate of drug-likeness (QED) is 0.904. The smallest absolute Gasteiger partial charge is 0.189 e. The third-order valence-electron chi connectivity index (χ3n) is 3.67. The Labute approximate surface area is 123 Å². The molecular formula is C16H20N4O. The molecule has 0 amide bonds. The van der Waals surface area contributed by atoms with Crippen LogP contribution in [-0.2, 0) is 4.79 Å². The Bertz CT molecular complexity index is 742. The summed E-state index contributed by atoms with van der Waals surface area (Å²) in [5, 5.41) is 0. The number of nitrogens with one attached hydrogen (secondary N) is 1. The molecule has 0 bridgehead atoms. The minimum Gasteiger partial charge on any atom is -0.385 e. The number of hydrogen-bond acceptors (Lipinski definition) is 4. The average molecular weight is 284 g/mol. The van der Waals surface area contributed by atoms with Gasteiger partial charge in [0.15, 0.2) is 5.78 Å². The normalized spacial score (nSPS) is 15.8. The van der Waals surface area contributed by atoms with Crippen molar-refractivity contribution in [3.63, 3.8) is 0 Å². The molecule has 3 rings (SSSR count). The molecule has 0 spiro atoms. The predicted molar refractivity (Wildman–Crippen MR) is 83.4 cm³/mol. The van der Waals surface area contributed by atoms with Gasteiger partial charge in [0.25, 0.3) is 0 Å². The van der Waals surface area contributed by atoms with Crippen molar-refractivity contribution in [1.29, 1.82) is 0 Å². The van der Waals surface area contributed by atoms with E-state index in [1.54, 1.807) is 0 Å². The molecule has 5 heteroatoms. The molecule has 110 valence electrons. The lowest BCUT2D eigenvalue weighted by Crippen LogP contribution is -2.29. The molecular weight excluding hydrogens is 264 g/mol. The minimum atomic E-state index is 0.0314. The molecule has 0 saturated carbocycles. The third-order valence-corrected chi connectivity index (χ3v) is 3.67. The summed E-state index contributed by atoms with van der Waals surface area (Å²) in [6.07, 6.45) is 0. The van der Waals surface area contributed by atoms with Gasteiger partial charge in [-0.1, -0.05) is 19.9 Å². The number of carbonyl (C=O) groups excluding carboxylic acids is 1. The summed E-state index contributed by atoms with van der Waals surface area (Å²) in [7, 11) is 0. The number of nitrogens with two attached hydrogens (primary N) is 1. The van der Waals surface area contributed by atoms with Gasteiger partial charge in [0, 0.05) is 6.54 Å². The SMILES string of the molecule is Cc1ccc2nc(C3=C(N)N(CC(C)C)CC3=O)[nH]c2c1. The molecule has 0 unspecified atom stereocenters.